The predicted octanol–water partition coefficient (Wildman–Crippen LogP) is 11.6. The summed E-state index contributed by atoms with van der Waals surface area (Å²) in [4.78, 5) is 0. The van der Waals surface area contributed by atoms with Crippen LogP contribution in [0.25, 0.3) is 33.4 Å². The lowest BCUT2D eigenvalue weighted by Gasteiger charge is -2.20. The Morgan fingerprint density at radius 3 is 0.651 bits per heavy atom. The summed E-state index contributed by atoms with van der Waals surface area (Å²) in [5, 5.41) is 0. The monoisotopic (exact) mass is 556 g/mol. The molecule has 6 aromatic carbocycles. The van der Waals surface area contributed by atoms with Gasteiger partial charge in [0.15, 0.2) is 0 Å². The molecule has 0 nitrogen and oxygen atoms in total. The van der Waals surface area contributed by atoms with Crippen molar-refractivity contribution in [1.82, 2.24) is 0 Å². The first-order valence-corrected chi connectivity index (χ1v) is 15.7. The fourth-order valence-corrected chi connectivity index (χ4v) is 5.98. The molecular weight excluding hydrogens is 516 g/mol. The second kappa shape index (κ2) is 13.1. The van der Waals surface area contributed by atoms with Gasteiger partial charge in [-0.05, 0) is 86.0 Å². The Balaban J connectivity index is 1.34. The van der Waals surface area contributed by atoms with Crippen molar-refractivity contribution in [3.8, 4) is 33.4 Å². The van der Waals surface area contributed by atoms with Gasteiger partial charge in [-0.2, -0.15) is 0 Å². The third kappa shape index (κ3) is 6.40. The van der Waals surface area contributed by atoms with Crippen LogP contribution < -0.4 is 0 Å². The van der Waals surface area contributed by atoms with Gasteiger partial charge in [-0.3, -0.25) is 0 Å². The summed E-state index contributed by atoms with van der Waals surface area (Å²) in [6.45, 7) is 6.60. The number of rotatable bonds is 9. The van der Waals surface area contributed by atoms with Crippen LogP contribution >= 0.6 is 0 Å². The van der Waals surface area contributed by atoms with Crippen LogP contribution in [0.4, 0.5) is 0 Å². The zero-order valence-corrected chi connectivity index (χ0v) is 25.6. The molecule has 0 heteroatoms. The van der Waals surface area contributed by atoms with E-state index in [4.69, 9.17) is 0 Å². The summed E-state index contributed by atoms with van der Waals surface area (Å²) in [5.41, 5.74) is 15.6. The molecule has 0 saturated heterocycles. The number of hydrogen-bond donors (Lipinski definition) is 0. The highest BCUT2D eigenvalue weighted by Crippen LogP contribution is 2.36. The van der Waals surface area contributed by atoms with E-state index in [2.05, 4.69) is 166 Å². The van der Waals surface area contributed by atoms with Crippen LogP contribution in [-0.2, 0) is 19.3 Å². The van der Waals surface area contributed by atoms with Gasteiger partial charge in [-0.25, -0.2) is 0 Å². The molecule has 0 heterocycles. The standard InChI is InChI=1S/C43H40/c1-4-31-7-13-34(14-8-31)37-19-25-40(26-20-37)43(41-27-21-38(22-28-41)35-15-9-32(5-2)10-16-35)42-29-23-39(24-30-42)36-17-11-33(6-3)12-18-36/h7-30,43H,4-6H2,1-3H3. The Morgan fingerprint density at radius 1 is 0.279 bits per heavy atom. The minimum absolute atomic E-state index is 0.143. The van der Waals surface area contributed by atoms with Crippen molar-refractivity contribution >= 4 is 0 Å². The van der Waals surface area contributed by atoms with Crippen LogP contribution in [0.5, 0.6) is 0 Å². The predicted molar refractivity (Wildman–Crippen MR) is 185 cm³/mol. The van der Waals surface area contributed by atoms with Crippen LogP contribution in [0, 0.1) is 0 Å². The fraction of sp³-hybridized carbons (Fsp3) is 0.163. The van der Waals surface area contributed by atoms with Gasteiger partial charge in [-0.1, -0.05) is 166 Å². The first kappa shape index (κ1) is 28.4. The molecule has 0 N–H and O–H groups in total. The van der Waals surface area contributed by atoms with Gasteiger partial charge >= 0.3 is 0 Å². The molecule has 43 heavy (non-hydrogen) atoms. The molecule has 212 valence electrons. The zero-order chi connectivity index (χ0) is 29.6. The Labute approximate surface area is 257 Å². The molecule has 0 radical (unpaired) electrons. The van der Waals surface area contributed by atoms with Crippen LogP contribution in [0.15, 0.2) is 146 Å². The summed E-state index contributed by atoms with van der Waals surface area (Å²) in [6.07, 6.45) is 3.19. The maximum Gasteiger partial charge on any atom is 0.0340 e. The number of aryl methyl sites for hydroxylation is 3. The molecule has 6 aromatic rings. The zero-order valence-electron chi connectivity index (χ0n) is 25.6. The van der Waals surface area contributed by atoms with E-state index in [0.717, 1.165) is 19.3 Å². The minimum atomic E-state index is 0.143. The molecule has 0 spiro atoms. The summed E-state index contributed by atoms with van der Waals surface area (Å²) < 4.78 is 0. The van der Waals surface area contributed by atoms with Gasteiger partial charge < -0.3 is 0 Å². The fourth-order valence-electron chi connectivity index (χ4n) is 5.98. The molecule has 0 unspecified atom stereocenters. The number of benzene rings is 6. The first-order valence-electron chi connectivity index (χ1n) is 15.7. The van der Waals surface area contributed by atoms with E-state index in [1.54, 1.807) is 0 Å². The van der Waals surface area contributed by atoms with Crippen LogP contribution in [0.2, 0.25) is 0 Å². The van der Waals surface area contributed by atoms with Gasteiger partial charge in [-0.15, -0.1) is 0 Å². The largest absolute Gasteiger partial charge is 0.0613 e. The highest BCUT2D eigenvalue weighted by molar-refractivity contribution is 5.68. The SMILES string of the molecule is CCc1ccc(-c2ccc(C(c3ccc(-c4ccc(CC)cc4)cc3)c3ccc(-c4ccc(CC)cc4)cc3)cc2)cc1. The van der Waals surface area contributed by atoms with E-state index < -0.39 is 0 Å². The Kier molecular flexibility index (Phi) is 8.66. The van der Waals surface area contributed by atoms with Crippen molar-refractivity contribution in [2.24, 2.45) is 0 Å². The van der Waals surface area contributed by atoms with E-state index in [0.29, 0.717) is 0 Å². The van der Waals surface area contributed by atoms with Gasteiger partial charge in [0.05, 0.1) is 0 Å². The molecule has 0 atom stereocenters. The Bertz CT molecular complexity index is 1520. The van der Waals surface area contributed by atoms with Gasteiger partial charge in [0.1, 0.15) is 0 Å². The lowest BCUT2D eigenvalue weighted by Crippen LogP contribution is -2.03. The molecule has 0 fully saturated rings. The lowest BCUT2D eigenvalue weighted by atomic mass is 9.83. The first-order chi connectivity index (χ1) is 21.1. The van der Waals surface area contributed by atoms with Gasteiger partial charge in [0.2, 0.25) is 0 Å². The van der Waals surface area contributed by atoms with Gasteiger partial charge in [0, 0.05) is 5.92 Å². The summed E-state index contributed by atoms with van der Waals surface area (Å²) in [6, 6.07) is 54.3. The van der Waals surface area contributed by atoms with Crippen molar-refractivity contribution in [2.75, 3.05) is 0 Å². The second-order valence-corrected chi connectivity index (χ2v) is 11.5. The van der Waals surface area contributed by atoms with E-state index in [9.17, 15) is 0 Å². The Morgan fingerprint density at radius 2 is 0.465 bits per heavy atom. The summed E-state index contributed by atoms with van der Waals surface area (Å²) in [7, 11) is 0. The van der Waals surface area contributed by atoms with E-state index >= 15 is 0 Å². The maximum atomic E-state index is 2.31. The van der Waals surface area contributed by atoms with Crippen molar-refractivity contribution in [1.29, 1.82) is 0 Å². The molecule has 0 amide bonds. The van der Waals surface area contributed by atoms with Gasteiger partial charge in [0.25, 0.3) is 0 Å². The van der Waals surface area contributed by atoms with Crippen LogP contribution in [0.1, 0.15) is 60.1 Å². The van der Waals surface area contributed by atoms with Crippen LogP contribution in [-0.4, -0.2) is 0 Å². The quantitative estimate of drug-likeness (QED) is 0.155. The normalized spacial score (nSPS) is 11.2. The molecular formula is C43H40. The molecule has 0 aliphatic rings. The third-order valence-corrected chi connectivity index (χ3v) is 8.82. The lowest BCUT2D eigenvalue weighted by molar-refractivity contribution is 0.978. The van der Waals surface area contributed by atoms with Crippen molar-refractivity contribution < 1.29 is 0 Å². The van der Waals surface area contributed by atoms with Crippen molar-refractivity contribution in [2.45, 2.75) is 46.0 Å². The average molecular weight is 557 g/mol. The maximum absolute atomic E-state index is 2.31. The van der Waals surface area contributed by atoms with E-state index in [1.807, 2.05) is 0 Å². The minimum Gasteiger partial charge on any atom is -0.0613 e. The Hall–Kier alpha value is -4.68. The van der Waals surface area contributed by atoms with Crippen LogP contribution in [0.3, 0.4) is 0 Å². The molecule has 6 rings (SSSR count). The average Bonchev–Trinajstić information content (AvgIpc) is 3.09. The molecule has 0 aliphatic heterocycles. The van der Waals surface area contributed by atoms with E-state index in [-0.39, 0.29) is 5.92 Å². The highest BCUT2D eigenvalue weighted by Gasteiger charge is 2.18. The highest BCUT2D eigenvalue weighted by atomic mass is 14.2. The summed E-state index contributed by atoms with van der Waals surface area (Å²) in [5.74, 6) is 0.143. The topological polar surface area (TPSA) is 0 Å². The summed E-state index contributed by atoms with van der Waals surface area (Å²) >= 11 is 0. The van der Waals surface area contributed by atoms with Crippen molar-refractivity contribution in [3.63, 3.8) is 0 Å². The number of hydrogen-bond acceptors (Lipinski definition) is 0. The molecule has 0 aliphatic carbocycles. The molecule has 0 saturated carbocycles. The van der Waals surface area contributed by atoms with E-state index in [1.165, 1.54) is 66.8 Å². The third-order valence-electron chi connectivity index (χ3n) is 8.82. The smallest absolute Gasteiger partial charge is 0.0340 e. The van der Waals surface area contributed by atoms with Crippen molar-refractivity contribution in [3.05, 3.63) is 179 Å². The molecule has 0 bridgehead atoms. The second-order valence-electron chi connectivity index (χ2n) is 11.5. The molecule has 0 aromatic heterocycles.